The average Bonchev–Trinajstić information content (AvgIpc) is 3.06. The highest BCUT2D eigenvalue weighted by Gasteiger charge is 2.43. The molecule has 148 valence electrons. The summed E-state index contributed by atoms with van der Waals surface area (Å²) >= 11 is 0. The Bertz CT molecular complexity index is 679. The van der Waals surface area contributed by atoms with E-state index in [-0.39, 0.29) is 17.1 Å². The number of phenolic OH excluding ortho intramolecular Hbond substituents is 1. The zero-order valence-corrected chi connectivity index (χ0v) is 16.2. The predicted octanol–water partition coefficient (Wildman–Crippen LogP) is 2.04. The van der Waals surface area contributed by atoms with Crippen molar-refractivity contribution < 1.29 is 19.4 Å². The first-order chi connectivity index (χ1) is 13.0. The van der Waals surface area contributed by atoms with Crippen molar-refractivity contribution in [3.63, 3.8) is 0 Å². The molecule has 1 amide bonds. The summed E-state index contributed by atoms with van der Waals surface area (Å²) < 4.78 is 11.6. The molecule has 6 nitrogen and oxygen atoms in total. The molecule has 1 N–H and O–H groups in total. The van der Waals surface area contributed by atoms with Gasteiger partial charge in [0.1, 0.15) is 5.75 Å². The molecule has 0 aliphatic carbocycles. The Morgan fingerprint density at radius 2 is 1.96 bits per heavy atom. The SMILES string of the molecule is Cc1ccc(O)c(C(=O)N2CCC3(CC2)COC(CN2CCOCC2)C3)c1. The van der Waals surface area contributed by atoms with Crippen LogP contribution in [-0.4, -0.2) is 79.5 Å². The summed E-state index contributed by atoms with van der Waals surface area (Å²) in [5.41, 5.74) is 1.61. The maximum atomic E-state index is 12.8. The maximum absolute atomic E-state index is 12.8. The number of benzene rings is 1. The van der Waals surface area contributed by atoms with Gasteiger partial charge >= 0.3 is 0 Å². The number of amides is 1. The molecule has 0 bridgehead atoms. The number of carbonyl (C=O) groups is 1. The van der Waals surface area contributed by atoms with E-state index >= 15 is 0 Å². The Morgan fingerprint density at radius 1 is 1.22 bits per heavy atom. The first kappa shape index (κ1) is 18.7. The number of hydrogen-bond acceptors (Lipinski definition) is 5. The summed E-state index contributed by atoms with van der Waals surface area (Å²) in [6.45, 7) is 8.84. The molecule has 1 unspecified atom stereocenters. The fourth-order valence-corrected chi connectivity index (χ4v) is 4.61. The van der Waals surface area contributed by atoms with Gasteiger partial charge in [-0.2, -0.15) is 0 Å². The summed E-state index contributed by atoms with van der Waals surface area (Å²) in [5, 5.41) is 10.1. The quantitative estimate of drug-likeness (QED) is 0.877. The minimum absolute atomic E-state index is 0.0603. The summed E-state index contributed by atoms with van der Waals surface area (Å²) in [5.74, 6) is 0.00972. The van der Waals surface area contributed by atoms with E-state index < -0.39 is 0 Å². The summed E-state index contributed by atoms with van der Waals surface area (Å²) in [7, 11) is 0. The Hall–Kier alpha value is -1.63. The molecular formula is C21H30N2O4. The van der Waals surface area contributed by atoms with Crippen LogP contribution in [0.1, 0.15) is 35.2 Å². The zero-order chi connectivity index (χ0) is 18.9. The molecular weight excluding hydrogens is 344 g/mol. The van der Waals surface area contributed by atoms with Gasteiger partial charge in [-0.05, 0) is 43.7 Å². The number of nitrogens with zero attached hydrogens (tertiary/aromatic N) is 2. The molecule has 3 aliphatic rings. The fraction of sp³-hybridized carbons (Fsp3) is 0.667. The van der Waals surface area contributed by atoms with E-state index in [0.29, 0.717) is 11.7 Å². The van der Waals surface area contributed by atoms with Crippen molar-refractivity contribution in [1.29, 1.82) is 0 Å². The number of ether oxygens (including phenoxy) is 2. The van der Waals surface area contributed by atoms with Gasteiger partial charge in [0.05, 0.1) is 31.5 Å². The molecule has 6 heteroatoms. The van der Waals surface area contributed by atoms with Crippen LogP contribution in [0, 0.1) is 12.3 Å². The standard InChI is InChI=1S/C21H30N2O4/c1-16-2-3-19(24)18(12-16)20(25)23-6-4-21(5-7-23)13-17(27-15-21)14-22-8-10-26-11-9-22/h2-3,12,17,24H,4-11,13-15H2,1H3. The van der Waals surface area contributed by atoms with Crippen LogP contribution in [0.3, 0.4) is 0 Å². The van der Waals surface area contributed by atoms with E-state index in [2.05, 4.69) is 4.90 Å². The molecule has 1 atom stereocenters. The van der Waals surface area contributed by atoms with Gasteiger partial charge in [0.15, 0.2) is 0 Å². The van der Waals surface area contributed by atoms with E-state index in [1.54, 1.807) is 12.1 Å². The lowest BCUT2D eigenvalue weighted by molar-refractivity contribution is 0.00524. The third kappa shape index (κ3) is 4.13. The van der Waals surface area contributed by atoms with Crippen molar-refractivity contribution in [2.24, 2.45) is 5.41 Å². The number of morpholine rings is 1. The third-order valence-electron chi connectivity index (χ3n) is 6.35. The van der Waals surface area contributed by atoms with Crippen LogP contribution in [0.25, 0.3) is 0 Å². The Labute approximate surface area is 161 Å². The van der Waals surface area contributed by atoms with Gasteiger partial charge in [0.25, 0.3) is 5.91 Å². The molecule has 3 aliphatic heterocycles. The Morgan fingerprint density at radius 3 is 2.70 bits per heavy atom. The van der Waals surface area contributed by atoms with Gasteiger partial charge < -0.3 is 19.5 Å². The highest BCUT2D eigenvalue weighted by atomic mass is 16.5. The van der Waals surface area contributed by atoms with Crippen molar-refractivity contribution in [3.8, 4) is 5.75 Å². The highest BCUT2D eigenvalue weighted by molar-refractivity contribution is 5.97. The van der Waals surface area contributed by atoms with E-state index in [1.165, 1.54) is 0 Å². The van der Waals surface area contributed by atoms with E-state index in [9.17, 15) is 9.90 Å². The first-order valence-electron chi connectivity index (χ1n) is 10.1. The van der Waals surface area contributed by atoms with Crippen LogP contribution in [-0.2, 0) is 9.47 Å². The van der Waals surface area contributed by atoms with Crippen LogP contribution in [0.2, 0.25) is 0 Å². The molecule has 1 aromatic rings. The van der Waals surface area contributed by atoms with Crippen molar-refractivity contribution in [2.75, 3.05) is 52.5 Å². The second-order valence-corrected chi connectivity index (χ2v) is 8.36. The zero-order valence-electron chi connectivity index (χ0n) is 16.2. The molecule has 27 heavy (non-hydrogen) atoms. The van der Waals surface area contributed by atoms with Crippen LogP contribution in [0.15, 0.2) is 18.2 Å². The van der Waals surface area contributed by atoms with Crippen molar-refractivity contribution in [3.05, 3.63) is 29.3 Å². The van der Waals surface area contributed by atoms with E-state index in [4.69, 9.17) is 9.47 Å². The summed E-state index contributed by atoms with van der Waals surface area (Å²) in [6.07, 6.45) is 3.34. The highest BCUT2D eigenvalue weighted by Crippen LogP contribution is 2.42. The lowest BCUT2D eigenvalue weighted by Gasteiger charge is -2.38. The van der Waals surface area contributed by atoms with Gasteiger partial charge in [-0.1, -0.05) is 11.6 Å². The largest absolute Gasteiger partial charge is 0.507 e. The van der Waals surface area contributed by atoms with E-state index in [1.807, 2.05) is 17.9 Å². The Kier molecular flexibility index (Phi) is 5.39. The van der Waals surface area contributed by atoms with Crippen LogP contribution >= 0.6 is 0 Å². The minimum Gasteiger partial charge on any atom is -0.507 e. The van der Waals surface area contributed by atoms with Crippen molar-refractivity contribution in [2.45, 2.75) is 32.3 Å². The minimum atomic E-state index is -0.0603. The molecule has 1 spiro atoms. The average molecular weight is 374 g/mol. The monoisotopic (exact) mass is 374 g/mol. The molecule has 4 rings (SSSR count). The number of piperidine rings is 1. The molecule has 1 aromatic carbocycles. The number of aromatic hydroxyl groups is 1. The molecule has 3 fully saturated rings. The van der Waals surface area contributed by atoms with Crippen molar-refractivity contribution in [1.82, 2.24) is 9.80 Å². The molecule has 0 radical (unpaired) electrons. The Balaban J connectivity index is 1.32. The van der Waals surface area contributed by atoms with E-state index in [0.717, 1.165) is 77.4 Å². The summed E-state index contributed by atoms with van der Waals surface area (Å²) in [4.78, 5) is 17.1. The molecule has 3 heterocycles. The molecule has 0 saturated carbocycles. The maximum Gasteiger partial charge on any atom is 0.257 e. The second kappa shape index (κ2) is 7.78. The number of aryl methyl sites for hydroxylation is 1. The topological polar surface area (TPSA) is 62.2 Å². The smallest absolute Gasteiger partial charge is 0.257 e. The van der Waals surface area contributed by atoms with Gasteiger partial charge in [0.2, 0.25) is 0 Å². The van der Waals surface area contributed by atoms with Gasteiger partial charge in [0, 0.05) is 32.7 Å². The molecule has 3 saturated heterocycles. The number of rotatable bonds is 3. The first-order valence-corrected chi connectivity index (χ1v) is 10.1. The normalized spacial score (nSPS) is 25.8. The third-order valence-corrected chi connectivity index (χ3v) is 6.35. The lowest BCUT2D eigenvalue weighted by Crippen LogP contribution is -2.44. The van der Waals surface area contributed by atoms with Gasteiger partial charge in [-0.3, -0.25) is 9.69 Å². The number of likely N-dealkylation sites (tertiary alicyclic amines) is 1. The predicted molar refractivity (Wildman–Crippen MR) is 102 cm³/mol. The number of phenols is 1. The van der Waals surface area contributed by atoms with Crippen LogP contribution in [0.4, 0.5) is 0 Å². The molecule has 0 aromatic heterocycles. The van der Waals surface area contributed by atoms with Crippen molar-refractivity contribution >= 4 is 5.91 Å². The summed E-state index contributed by atoms with van der Waals surface area (Å²) in [6, 6.07) is 5.20. The van der Waals surface area contributed by atoms with Gasteiger partial charge in [-0.15, -0.1) is 0 Å². The number of hydrogen-bond donors (Lipinski definition) is 1. The fourth-order valence-electron chi connectivity index (χ4n) is 4.61. The van der Waals surface area contributed by atoms with Crippen LogP contribution in [0.5, 0.6) is 5.75 Å². The number of carbonyl (C=O) groups excluding carboxylic acids is 1. The lowest BCUT2D eigenvalue weighted by atomic mass is 9.76. The second-order valence-electron chi connectivity index (χ2n) is 8.36. The van der Waals surface area contributed by atoms with Gasteiger partial charge in [-0.25, -0.2) is 0 Å². The van der Waals surface area contributed by atoms with Crippen LogP contribution < -0.4 is 0 Å².